The highest BCUT2D eigenvalue weighted by molar-refractivity contribution is 7.13. The zero-order chi connectivity index (χ0) is 9.10. The molecule has 2 rings (SSSR count). The maximum absolute atomic E-state index is 4.12. The molecule has 0 aliphatic carbocycles. The van der Waals surface area contributed by atoms with Gasteiger partial charge in [-0.25, -0.2) is 4.98 Å². The lowest BCUT2D eigenvalue weighted by Crippen LogP contribution is -1.97. The first kappa shape index (κ1) is 8.25. The molecule has 0 radical (unpaired) electrons. The molecule has 0 saturated carbocycles. The van der Waals surface area contributed by atoms with E-state index in [0.29, 0.717) is 0 Å². The predicted octanol–water partition coefficient (Wildman–Crippen LogP) is 1.49. The number of thiazole rings is 1. The van der Waals surface area contributed by atoms with Gasteiger partial charge in [0.05, 0.1) is 6.20 Å². The van der Waals surface area contributed by atoms with Crippen LogP contribution in [-0.4, -0.2) is 14.8 Å². The highest BCUT2D eigenvalue weighted by Gasteiger charge is 1.97. The van der Waals surface area contributed by atoms with Gasteiger partial charge in [-0.2, -0.15) is 5.10 Å². The smallest absolute Gasteiger partial charge is 0.182 e. The predicted molar refractivity (Wildman–Crippen MR) is 52.6 cm³/mol. The fourth-order valence-electron chi connectivity index (χ4n) is 1.05. The van der Waals surface area contributed by atoms with Crippen LogP contribution in [0.3, 0.4) is 0 Å². The molecule has 2 aromatic heterocycles. The molecule has 2 aromatic rings. The minimum absolute atomic E-state index is 0.779. The molecule has 0 amide bonds. The van der Waals surface area contributed by atoms with Crippen LogP contribution in [0.1, 0.15) is 5.56 Å². The zero-order valence-corrected chi connectivity index (χ0v) is 8.08. The molecule has 4 nitrogen and oxygen atoms in total. The quantitative estimate of drug-likeness (QED) is 0.805. The van der Waals surface area contributed by atoms with Crippen molar-refractivity contribution in [1.82, 2.24) is 14.8 Å². The lowest BCUT2D eigenvalue weighted by Gasteiger charge is -1.97. The molecular weight excluding hydrogens is 184 g/mol. The topological polar surface area (TPSA) is 42.7 Å². The standard InChI is InChI=1S/C8H10N4S/c1-12-6-7(5-11-12)4-10-8-9-2-3-13-8/h2-3,5-6H,4H2,1H3,(H,9,10). The van der Waals surface area contributed by atoms with Gasteiger partial charge in [0.15, 0.2) is 5.13 Å². The van der Waals surface area contributed by atoms with E-state index in [4.69, 9.17) is 0 Å². The number of nitrogens with one attached hydrogen (secondary N) is 1. The molecule has 0 unspecified atom stereocenters. The first-order valence-electron chi connectivity index (χ1n) is 3.95. The van der Waals surface area contributed by atoms with Crippen LogP contribution >= 0.6 is 11.3 Å². The summed E-state index contributed by atoms with van der Waals surface area (Å²) in [6, 6.07) is 0. The fourth-order valence-corrected chi connectivity index (χ4v) is 1.58. The van der Waals surface area contributed by atoms with Gasteiger partial charge in [-0.05, 0) is 0 Å². The molecule has 1 N–H and O–H groups in total. The van der Waals surface area contributed by atoms with Gasteiger partial charge in [0, 0.05) is 36.9 Å². The van der Waals surface area contributed by atoms with Gasteiger partial charge in [0.25, 0.3) is 0 Å². The van der Waals surface area contributed by atoms with E-state index in [0.717, 1.165) is 17.2 Å². The number of aromatic nitrogens is 3. The van der Waals surface area contributed by atoms with Crippen molar-refractivity contribution in [3.63, 3.8) is 0 Å². The molecule has 0 fully saturated rings. The SMILES string of the molecule is Cn1cc(CNc2nccs2)cn1. The second kappa shape index (κ2) is 3.57. The Bertz CT molecular complexity index is 365. The molecule has 0 atom stereocenters. The van der Waals surface area contributed by atoms with Gasteiger partial charge < -0.3 is 5.32 Å². The zero-order valence-electron chi connectivity index (χ0n) is 7.27. The number of aryl methyl sites for hydroxylation is 1. The number of hydrogen-bond donors (Lipinski definition) is 1. The van der Waals surface area contributed by atoms with Gasteiger partial charge >= 0.3 is 0 Å². The van der Waals surface area contributed by atoms with E-state index in [1.807, 2.05) is 24.8 Å². The fraction of sp³-hybridized carbons (Fsp3) is 0.250. The summed E-state index contributed by atoms with van der Waals surface area (Å²) in [6.07, 6.45) is 5.62. The van der Waals surface area contributed by atoms with Crippen LogP contribution in [0, 0.1) is 0 Å². The largest absolute Gasteiger partial charge is 0.357 e. The van der Waals surface area contributed by atoms with Crippen molar-refractivity contribution >= 4 is 16.5 Å². The van der Waals surface area contributed by atoms with E-state index in [-0.39, 0.29) is 0 Å². The maximum atomic E-state index is 4.12. The third-order valence-corrected chi connectivity index (χ3v) is 2.37. The van der Waals surface area contributed by atoms with E-state index in [1.54, 1.807) is 22.2 Å². The molecule has 2 heterocycles. The van der Waals surface area contributed by atoms with Crippen molar-refractivity contribution in [2.75, 3.05) is 5.32 Å². The van der Waals surface area contributed by atoms with Crippen LogP contribution in [0.2, 0.25) is 0 Å². The summed E-state index contributed by atoms with van der Waals surface area (Å²) in [5, 5.41) is 10.2. The van der Waals surface area contributed by atoms with Crippen LogP contribution in [0.5, 0.6) is 0 Å². The maximum Gasteiger partial charge on any atom is 0.182 e. The second-order valence-corrected chi connectivity index (χ2v) is 3.61. The van der Waals surface area contributed by atoms with E-state index in [1.165, 1.54) is 0 Å². The van der Waals surface area contributed by atoms with Crippen molar-refractivity contribution in [3.05, 3.63) is 29.5 Å². The lowest BCUT2D eigenvalue weighted by atomic mass is 10.4. The third-order valence-electron chi connectivity index (χ3n) is 1.63. The van der Waals surface area contributed by atoms with E-state index >= 15 is 0 Å². The Balaban J connectivity index is 1.93. The summed E-state index contributed by atoms with van der Waals surface area (Å²) in [7, 11) is 1.91. The average Bonchev–Trinajstić information content (AvgIpc) is 2.71. The van der Waals surface area contributed by atoms with Gasteiger partial charge in [0.1, 0.15) is 0 Å². The monoisotopic (exact) mass is 194 g/mol. The van der Waals surface area contributed by atoms with Crippen LogP contribution in [0.25, 0.3) is 0 Å². The van der Waals surface area contributed by atoms with Crippen LogP contribution in [0.4, 0.5) is 5.13 Å². The van der Waals surface area contributed by atoms with Crippen LogP contribution in [0.15, 0.2) is 24.0 Å². The third kappa shape index (κ3) is 2.06. The number of anilines is 1. The van der Waals surface area contributed by atoms with Crippen molar-refractivity contribution in [1.29, 1.82) is 0 Å². The molecule has 5 heteroatoms. The Morgan fingerprint density at radius 2 is 2.54 bits per heavy atom. The second-order valence-electron chi connectivity index (χ2n) is 2.71. The summed E-state index contributed by atoms with van der Waals surface area (Å²) in [5.41, 5.74) is 1.16. The van der Waals surface area contributed by atoms with E-state index < -0.39 is 0 Å². The molecular formula is C8H10N4S. The minimum Gasteiger partial charge on any atom is -0.357 e. The molecule has 0 aliphatic heterocycles. The molecule has 68 valence electrons. The minimum atomic E-state index is 0.779. The normalized spacial score (nSPS) is 10.2. The van der Waals surface area contributed by atoms with Gasteiger partial charge in [0.2, 0.25) is 0 Å². The van der Waals surface area contributed by atoms with Crippen molar-refractivity contribution in [2.45, 2.75) is 6.54 Å². The highest BCUT2D eigenvalue weighted by atomic mass is 32.1. The van der Waals surface area contributed by atoms with Crippen molar-refractivity contribution in [3.8, 4) is 0 Å². The first-order chi connectivity index (χ1) is 6.34. The number of hydrogen-bond acceptors (Lipinski definition) is 4. The van der Waals surface area contributed by atoms with Gasteiger partial charge in [-0.1, -0.05) is 0 Å². The van der Waals surface area contributed by atoms with Gasteiger partial charge in [-0.3, -0.25) is 4.68 Å². The number of nitrogens with zero attached hydrogens (tertiary/aromatic N) is 3. The average molecular weight is 194 g/mol. The Morgan fingerprint density at radius 1 is 1.62 bits per heavy atom. The summed E-state index contributed by atoms with van der Waals surface area (Å²) < 4.78 is 1.79. The summed E-state index contributed by atoms with van der Waals surface area (Å²) >= 11 is 1.60. The van der Waals surface area contributed by atoms with Crippen LogP contribution < -0.4 is 5.32 Å². The Morgan fingerprint density at radius 3 is 3.15 bits per heavy atom. The molecule has 0 spiro atoms. The number of rotatable bonds is 3. The molecule has 13 heavy (non-hydrogen) atoms. The Labute approximate surface area is 80.2 Å². The van der Waals surface area contributed by atoms with Crippen LogP contribution in [-0.2, 0) is 13.6 Å². The van der Waals surface area contributed by atoms with Crippen molar-refractivity contribution in [2.24, 2.45) is 7.05 Å². The van der Waals surface area contributed by atoms with E-state index in [2.05, 4.69) is 15.4 Å². The molecule has 0 aliphatic rings. The molecule has 0 bridgehead atoms. The summed E-state index contributed by atoms with van der Waals surface area (Å²) in [4.78, 5) is 4.12. The summed E-state index contributed by atoms with van der Waals surface area (Å²) in [6.45, 7) is 0.779. The lowest BCUT2D eigenvalue weighted by molar-refractivity contribution is 0.767. The Hall–Kier alpha value is -1.36. The van der Waals surface area contributed by atoms with E-state index in [9.17, 15) is 0 Å². The summed E-state index contributed by atoms with van der Waals surface area (Å²) in [5.74, 6) is 0. The Kier molecular flexibility index (Phi) is 2.27. The molecule has 0 saturated heterocycles. The van der Waals surface area contributed by atoms with Crippen molar-refractivity contribution < 1.29 is 0 Å². The first-order valence-corrected chi connectivity index (χ1v) is 4.83. The highest BCUT2D eigenvalue weighted by Crippen LogP contribution is 2.11. The van der Waals surface area contributed by atoms with Gasteiger partial charge in [-0.15, -0.1) is 11.3 Å². The molecule has 0 aromatic carbocycles.